The summed E-state index contributed by atoms with van der Waals surface area (Å²) in [5.41, 5.74) is 1.99. The van der Waals surface area contributed by atoms with Gasteiger partial charge in [-0.3, -0.25) is 9.78 Å². The van der Waals surface area contributed by atoms with E-state index in [1.807, 2.05) is 0 Å². The van der Waals surface area contributed by atoms with Crippen molar-refractivity contribution in [3.8, 4) is 11.1 Å². The molecule has 4 rings (SSSR count). The lowest BCUT2D eigenvalue weighted by Crippen LogP contribution is -2.17. The molecule has 0 saturated carbocycles. The summed E-state index contributed by atoms with van der Waals surface area (Å²) >= 11 is 5.87. The highest BCUT2D eigenvalue weighted by Gasteiger charge is 2.17. The quantitative estimate of drug-likeness (QED) is 0.461. The number of rotatable bonds is 3. The minimum Gasteiger partial charge on any atom is -0.310 e. The smallest absolute Gasteiger partial charge is 0.251 e. The number of fused-ring (bicyclic) bond motifs is 1. The van der Waals surface area contributed by atoms with Crippen molar-refractivity contribution in [2.24, 2.45) is 7.05 Å². The zero-order chi connectivity index (χ0) is 19.8. The highest BCUT2D eigenvalue weighted by atomic mass is 35.5. The van der Waals surface area contributed by atoms with Crippen LogP contribution in [0.1, 0.15) is 17.4 Å². The maximum Gasteiger partial charge on any atom is 0.251 e. The fourth-order valence-electron chi connectivity index (χ4n) is 3.20. The standard InChI is InChI=1S/C22H15ClF2N2O/c1-27-20-12-26-19(22(25)13-5-7-15(23)8-6-13)10-18(20)17(11-21(27)28)14-3-2-4-16(24)9-14/h2-12,22H,1H3. The fraction of sp³-hybridized carbons (Fsp3) is 0.0909. The van der Waals surface area contributed by atoms with Crippen LogP contribution in [0.5, 0.6) is 0 Å². The molecule has 0 radical (unpaired) electrons. The largest absolute Gasteiger partial charge is 0.310 e. The Labute approximate surface area is 164 Å². The minimum absolute atomic E-state index is 0.200. The van der Waals surface area contributed by atoms with Crippen LogP contribution in [0.15, 0.2) is 71.7 Å². The molecule has 0 aliphatic carbocycles. The van der Waals surface area contributed by atoms with Crippen LogP contribution < -0.4 is 5.56 Å². The van der Waals surface area contributed by atoms with Crippen LogP contribution in [0.25, 0.3) is 22.0 Å². The molecule has 0 bridgehead atoms. The van der Waals surface area contributed by atoms with E-state index < -0.39 is 12.0 Å². The summed E-state index contributed by atoms with van der Waals surface area (Å²) in [7, 11) is 1.62. The normalized spacial score (nSPS) is 12.3. The average Bonchev–Trinajstić information content (AvgIpc) is 2.70. The molecule has 2 aromatic carbocycles. The lowest BCUT2D eigenvalue weighted by atomic mass is 9.99. The van der Waals surface area contributed by atoms with Gasteiger partial charge in [0.15, 0.2) is 6.17 Å². The van der Waals surface area contributed by atoms with Gasteiger partial charge in [-0.25, -0.2) is 8.78 Å². The number of pyridine rings is 2. The van der Waals surface area contributed by atoms with E-state index in [0.717, 1.165) is 0 Å². The highest BCUT2D eigenvalue weighted by Crippen LogP contribution is 2.32. The predicted molar refractivity (Wildman–Crippen MR) is 107 cm³/mol. The van der Waals surface area contributed by atoms with E-state index in [4.69, 9.17) is 11.6 Å². The summed E-state index contributed by atoms with van der Waals surface area (Å²) in [6.07, 6.45) is 0.0106. The number of aryl methyl sites for hydroxylation is 1. The molecule has 140 valence electrons. The molecule has 0 saturated heterocycles. The number of nitrogens with zero attached hydrogens (tertiary/aromatic N) is 2. The minimum atomic E-state index is -1.46. The fourth-order valence-corrected chi connectivity index (χ4v) is 3.33. The van der Waals surface area contributed by atoms with Crippen molar-refractivity contribution in [3.63, 3.8) is 0 Å². The molecule has 28 heavy (non-hydrogen) atoms. The molecule has 1 unspecified atom stereocenters. The molecule has 0 fully saturated rings. The number of aromatic nitrogens is 2. The maximum absolute atomic E-state index is 15.1. The summed E-state index contributed by atoms with van der Waals surface area (Å²) in [5, 5.41) is 1.14. The first-order chi connectivity index (χ1) is 13.4. The van der Waals surface area contributed by atoms with E-state index in [9.17, 15) is 9.18 Å². The molecular weight excluding hydrogens is 382 g/mol. The van der Waals surface area contributed by atoms with Gasteiger partial charge in [-0.1, -0.05) is 35.9 Å². The molecule has 6 heteroatoms. The van der Waals surface area contributed by atoms with Crippen LogP contribution in [0.4, 0.5) is 8.78 Å². The third-order valence-electron chi connectivity index (χ3n) is 4.71. The molecule has 2 heterocycles. The van der Waals surface area contributed by atoms with E-state index in [1.54, 1.807) is 49.5 Å². The SMILES string of the molecule is Cn1c(=O)cc(-c2cccc(F)c2)c2cc(C(F)c3ccc(Cl)cc3)ncc21. The topological polar surface area (TPSA) is 34.9 Å². The van der Waals surface area contributed by atoms with Crippen molar-refractivity contribution in [2.75, 3.05) is 0 Å². The van der Waals surface area contributed by atoms with Crippen molar-refractivity contribution in [3.05, 3.63) is 99.3 Å². The number of benzene rings is 2. The molecule has 0 amide bonds. The predicted octanol–water partition coefficient (Wildman–Crippen LogP) is 5.45. The summed E-state index contributed by atoms with van der Waals surface area (Å²) in [6.45, 7) is 0. The van der Waals surface area contributed by atoms with Crippen molar-refractivity contribution in [2.45, 2.75) is 6.17 Å². The van der Waals surface area contributed by atoms with Gasteiger partial charge in [0, 0.05) is 23.5 Å². The summed E-state index contributed by atoms with van der Waals surface area (Å²) in [5.74, 6) is -0.412. The van der Waals surface area contributed by atoms with Crippen molar-refractivity contribution in [1.82, 2.24) is 9.55 Å². The molecular formula is C22H15ClF2N2O. The van der Waals surface area contributed by atoms with Gasteiger partial charge in [0.1, 0.15) is 5.82 Å². The molecule has 0 spiro atoms. The third-order valence-corrected chi connectivity index (χ3v) is 4.96. The Kier molecular flexibility index (Phi) is 4.69. The molecule has 3 nitrogen and oxygen atoms in total. The van der Waals surface area contributed by atoms with Gasteiger partial charge in [0.2, 0.25) is 0 Å². The first-order valence-electron chi connectivity index (χ1n) is 8.59. The Bertz CT molecular complexity index is 1240. The van der Waals surface area contributed by atoms with Gasteiger partial charge < -0.3 is 4.57 Å². The second kappa shape index (κ2) is 7.17. The van der Waals surface area contributed by atoms with Gasteiger partial charge in [0.25, 0.3) is 5.56 Å². The number of alkyl halides is 1. The van der Waals surface area contributed by atoms with E-state index >= 15 is 4.39 Å². The maximum atomic E-state index is 15.1. The molecule has 4 aromatic rings. The highest BCUT2D eigenvalue weighted by molar-refractivity contribution is 6.30. The van der Waals surface area contributed by atoms with Crippen LogP contribution in [0.2, 0.25) is 5.02 Å². The summed E-state index contributed by atoms with van der Waals surface area (Å²) in [4.78, 5) is 16.6. The van der Waals surface area contributed by atoms with Crippen LogP contribution in [-0.2, 0) is 7.05 Å². The average molecular weight is 397 g/mol. The van der Waals surface area contributed by atoms with Crippen LogP contribution in [0, 0.1) is 5.82 Å². The number of halogens is 3. The second-order valence-electron chi connectivity index (χ2n) is 6.51. The van der Waals surface area contributed by atoms with E-state index in [-0.39, 0.29) is 11.3 Å². The zero-order valence-electron chi connectivity index (χ0n) is 14.9. The van der Waals surface area contributed by atoms with Gasteiger partial charge in [-0.05, 0) is 47.0 Å². The molecule has 0 N–H and O–H groups in total. The Morgan fingerprint density at radius 3 is 2.54 bits per heavy atom. The van der Waals surface area contributed by atoms with E-state index in [0.29, 0.717) is 32.6 Å². The first kappa shape index (κ1) is 18.3. The summed E-state index contributed by atoms with van der Waals surface area (Å²) in [6, 6.07) is 15.4. The first-order valence-corrected chi connectivity index (χ1v) is 8.97. The third kappa shape index (κ3) is 3.29. The molecule has 0 aliphatic heterocycles. The van der Waals surface area contributed by atoms with Crippen LogP contribution >= 0.6 is 11.6 Å². The lowest BCUT2D eigenvalue weighted by Gasteiger charge is -2.14. The Morgan fingerprint density at radius 1 is 1.07 bits per heavy atom. The van der Waals surface area contributed by atoms with E-state index in [1.165, 1.54) is 29.0 Å². The Hall–Kier alpha value is -3.05. The summed E-state index contributed by atoms with van der Waals surface area (Å²) < 4.78 is 30.2. The molecule has 0 aliphatic rings. The number of hydrogen-bond donors (Lipinski definition) is 0. The van der Waals surface area contributed by atoms with Gasteiger partial charge in [-0.2, -0.15) is 0 Å². The van der Waals surface area contributed by atoms with Crippen LogP contribution in [0.3, 0.4) is 0 Å². The Balaban J connectivity index is 1.92. The lowest BCUT2D eigenvalue weighted by molar-refractivity contribution is 0.394. The van der Waals surface area contributed by atoms with Gasteiger partial charge in [0.05, 0.1) is 17.4 Å². The van der Waals surface area contributed by atoms with Gasteiger partial charge >= 0.3 is 0 Å². The van der Waals surface area contributed by atoms with Gasteiger partial charge in [-0.15, -0.1) is 0 Å². The number of hydrogen-bond acceptors (Lipinski definition) is 2. The molecule has 2 aromatic heterocycles. The van der Waals surface area contributed by atoms with Crippen LogP contribution in [-0.4, -0.2) is 9.55 Å². The van der Waals surface area contributed by atoms with Crippen molar-refractivity contribution >= 4 is 22.5 Å². The monoisotopic (exact) mass is 396 g/mol. The van der Waals surface area contributed by atoms with Crippen molar-refractivity contribution < 1.29 is 8.78 Å². The Morgan fingerprint density at radius 2 is 1.82 bits per heavy atom. The zero-order valence-corrected chi connectivity index (χ0v) is 15.6. The second-order valence-corrected chi connectivity index (χ2v) is 6.94. The van der Waals surface area contributed by atoms with Crippen molar-refractivity contribution in [1.29, 1.82) is 0 Å². The van der Waals surface area contributed by atoms with E-state index in [2.05, 4.69) is 4.98 Å². The molecule has 1 atom stereocenters.